The number of aryl methyl sites for hydroxylation is 1. The number of hydrogen-bond acceptors (Lipinski definition) is 3. The summed E-state index contributed by atoms with van der Waals surface area (Å²) in [7, 11) is 0. The summed E-state index contributed by atoms with van der Waals surface area (Å²) in [6.45, 7) is 4.29. The Morgan fingerprint density at radius 3 is 2.33 bits per heavy atom. The monoisotopic (exact) mass is 294 g/mol. The van der Waals surface area contributed by atoms with E-state index in [1.54, 1.807) is 11.3 Å². The van der Waals surface area contributed by atoms with Crippen molar-refractivity contribution in [3.05, 3.63) is 71.2 Å². The van der Waals surface area contributed by atoms with Crippen molar-refractivity contribution in [2.75, 3.05) is 5.32 Å². The van der Waals surface area contributed by atoms with Crippen LogP contribution in [0, 0.1) is 6.92 Å². The maximum absolute atomic E-state index is 4.33. The third kappa shape index (κ3) is 3.31. The van der Waals surface area contributed by atoms with Crippen LogP contribution in [0.1, 0.15) is 24.1 Å². The summed E-state index contributed by atoms with van der Waals surface area (Å²) in [5.74, 6) is 0. The molecule has 0 spiro atoms. The molecule has 0 saturated carbocycles. The van der Waals surface area contributed by atoms with Gasteiger partial charge in [0.1, 0.15) is 5.01 Å². The number of nitrogens with one attached hydrogen (secondary N) is 1. The number of anilines is 1. The van der Waals surface area contributed by atoms with Crippen LogP contribution >= 0.6 is 11.3 Å². The summed E-state index contributed by atoms with van der Waals surface area (Å²) < 4.78 is 0. The lowest BCUT2D eigenvalue weighted by molar-refractivity contribution is 0.884. The Morgan fingerprint density at radius 1 is 1.00 bits per heavy atom. The molecule has 1 heterocycles. The van der Waals surface area contributed by atoms with E-state index in [0.717, 1.165) is 10.7 Å². The highest BCUT2D eigenvalue weighted by atomic mass is 32.1. The smallest absolute Gasteiger partial charge is 0.123 e. The normalized spacial score (nSPS) is 12.1. The lowest BCUT2D eigenvalue weighted by Gasteiger charge is -2.16. The second kappa shape index (κ2) is 6.10. The van der Waals surface area contributed by atoms with Gasteiger partial charge in [-0.2, -0.15) is 0 Å². The Kier molecular flexibility index (Phi) is 4.02. The number of hydrogen-bond donors (Lipinski definition) is 1. The van der Waals surface area contributed by atoms with Crippen molar-refractivity contribution in [3.8, 4) is 10.6 Å². The van der Waals surface area contributed by atoms with Crippen molar-refractivity contribution in [1.82, 2.24) is 4.98 Å². The molecule has 2 nitrogen and oxygen atoms in total. The fourth-order valence-electron chi connectivity index (χ4n) is 2.26. The minimum absolute atomic E-state index is 0.288. The zero-order chi connectivity index (χ0) is 14.7. The first kappa shape index (κ1) is 13.8. The van der Waals surface area contributed by atoms with E-state index in [0.29, 0.717) is 0 Å². The largest absolute Gasteiger partial charge is 0.379 e. The number of rotatable bonds is 4. The average Bonchev–Trinajstić information content (AvgIpc) is 3.03. The fourth-order valence-corrected chi connectivity index (χ4v) is 2.91. The first-order valence-corrected chi connectivity index (χ1v) is 7.93. The molecule has 0 aliphatic rings. The van der Waals surface area contributed by atoms with Crippen LogP contribution in [0.4, 0.5) is 5.69 Å². The first-order chi connectivity index (χ1) is 10.2. The number of nitrogens with zero attached hydrogens (tertiary/aromatic N) is 1. The minimum atomic E-state index is 0.288. The first-order valence-electron chi connectivity index (χ1n) is 7.05. The van der Waals surface area contributed by atoms with E-state index in [4.69, 9.17) is 0 Å². The summed E-state index contributed by atoms with van der Waals surface area (Å²) in [5, 5.41) is 6.60. The highest BCUT2D eigenvalue weighted by Gasteiger charge is 2.05. The van der Waals surface area contributed by atoms with Crippen LogP contribution in [-0.4, -0.2) is 4.98 Å². The molecule has 106 valence electrons. The topological polar surface area (TPSA) is 24.9 Å². The van der Waals surface area contributed by atoms with Gasteiger partial charge in [0.15, 0.2) is 0 Å². The molecule has 1 aromatic heterocycles. The molecular formula is C18H18N2S. The standard InChI is InChI=1S/C18H18N2S/c1-13-3-5-15(6-4-13)14(2)20-17-9-7-16(8-10-17)18-19-11-12-21-18/h3-12,14,20H,1-2H3. The van der Waals surface area contributed by atoms with Crippen LogP contribution < -0.4 is 5.32 Å². The number of thiazole rings is 1. The van der Waals surface area contributed by atoms with Gasteiger partial charge in [-0.1, -0.05) is 29.8 Å². The summed E-state index contributed by atoms with van der Waals surface area (Å²) >= 11 is 1.66. The Balaban J connectivity index is 1.71. The highest BCUT2D eigenvalue weighted by molar-refractivity contribution is 7.13. The van der Waals surface area contributed by atoms with E-state index in [9.17, 15) is 0 Å². The molecule has 1 unspecified atom stereocenters. The van der Waals surface area contributed by atoms with Gasteiger partial charge in [-0.25, -0.2) is 4.98 Å². The SMILES string of the molecule is Cc1ccc(C(C)Nc2ccc(-c3nccs3)cc2)cc1. The Morgan fingerprint density at radius 2 is 1.71 bits per heavy atom. The molecule has 3 aromatic rings. The van der Waals surface area contributed by atoms with Crippen LogP contribution in [0.25, 0.3) is 10.6 Å². The van der Waals surface area contributed by atoms with Gasteiger partial charge in [-0.3, -0.25) is 0 Å². The number of benzene rings is 2. The van der Waals surface area contributed by atoms with Crippen molar-refractivity contribution < 1.29 is 0 Å². The van der Waals surface area contributed by atoms with Gasteiger partial charge in [0.05, 0.1) is 0 Å². The summed E-state index contributed by atoms with van der Waals surface area (Å²) in [5.41, 5.74) is 4.88. The van der Waals surface area contributed by atoms with E-state index in [-0.39, 0.29) is 6.04 Å². The fraction of sp³-hybridized carbons (Fsp3) is 0.167. The van der Waals surface area contributed by atoms with Crippen molar-refractivity contribution in [2.45, 2.75) is 19.9 Å². The molecule has 0 fully saturated rings. The van der Waals surface area contributed by atoms with Gasteiger partial charge in [0.25, 0.3) is 0 Å². The van der Waals surface area contributed by atoms with E-state index >= 15 is 0 Å². The maximum Gasteiger partial charge on any atom is 0.123 e. The molecule has 3 heteroatoms. The zero-order valence-corrected chi connectivity index (χ0v) is 13.0. The van der Waals surface area contributed by atoms with E-state index in [1.165, 1.54) is 16.7 Å². The third-order valence-corrected chi connectivity index (χ3v) is 4.35. The molecule has 0 radical (unpaired) electrons. The highest BCUT2D eigenvalue weighted by Crippen LogP contribution is 2.25. The van der Waals surface area contributed by atoms with Crippen LogP contribution in [-0.2, 0) is 0 Å². The maximum atomic E-state index is 4.33. The molecule has 21 heavy (non-hydrogen) atoms. The van der Waals surface area contributed by atoms with Crippen molar-refractivity contribution in [3.63, 3.8) is 0 Å². The van der Waals surface area contributed by atoms with Crippen molar-refractivity contribution in [1.29, 1.82) is 0 Å². The molecule has 0 saturated heterocycles. The molecule has 3 rings (SSSR count). The predicted octanol–water partition coefficient (Wildman–Crippen LogP) is 5.29. The van der Waals surface area contributed by atoms with Crippen LogP contribution in [0.5, 0.6) is 0 Å². The summed E-state index contributed by atoms with van der Waals surface area (Å²) in [6, 6.07) is 17.4. The zero-order valence-electron chi connectivity index (χ0n) is 12.2. The number of aromatic nitrogens is 1. The molecule has 0 amide bonds. The molecule has 0 aliphatic heterocycles. The van der Waals surface area contributed by atoms with Gasteiger partial charge in [-0.15, -0.1) is 11.3 Å². The van der Waals surface area contributed by atoms with Gasteiger partial charge >= 0.3 is 0 Å². The van der Waals surface area contributed by atoms with E-state index < -0.39 is 0 Å². The Labute approximate surface area is 129 Å². The Hall–Kier alpha value is -2.13. The molecule has 1 N–H and O–H groups in total. The molecule has 0 aliphatic carbocycles. The summed E-state index contributed by atoms with van der Waals surface area (Å²) in [4.78, 5) is 4.33. The quantitative estimate of drug-likeness (QED) is 0.707. The second-order valence-electron chi connectivity index (χ2n) is 5.19. The molecule has 0 bridgehead atoms. The Bertz CT molecular complexity index is 685. The van der Waals surface area contributed by atoms with Gasteiger partial charge in [0, 0.05) is 28.9 Å². The van der Waals surface area contributed by atoms with Crippen LogP contribution in [0.15, 0.2) is 60.1 Å². The predicted molar refractivity (Wildman–Crippen MR) is 90.8 cm³/mol. The van der Waals surface area contributed by atoms with E-state index in [2.05, 4.69) is 72.7 Å². The van der Waals surface area contributed by atoms with E-state index in [1.807, 2.05) is 11.6 Å². The molecule has 2 aromatic carbocycles. The lowest BCUT2D eigenvalue weighted by atomic mass is 10.1. The lowest BCUT2D eigenvalue weighted by Crippen LogP contribution is -2.06. The van der Waals surface area contributed by atoms with Gasteiger partial charge in [-0.05, 0) is 43.7 Å². The van der Waals surface area contributed by atoms with Crippen LogP contribution in [0.3, 0.4) is 0 Å². The van der Waals surface area contributed by atoms with Gasteiger partial charge < -0.3 is 5.32 Å². The third-order valence-electron chi connectivity index (χ3n) is 3.52. The van der Waals surface area contributed by atoms with Crippen LogP contribution in [0.2, 0.25) is 0 Å². The van der Waals surface area contributed by atoms with Crippen molar-refractivity contribution >= 4 is 17.0 Å². The summed E-state index contributed by atoms with van der Waals surface area (Å²) in [6.07, 6.45) is 1.84. The van der Waals surface area contributed by atoms with Gasteiger partial charge in [0.2, 0.25) is 0 Å². The average molecular weight is 294 g/mol. The molecule has 1 atom stereocenters. The minimum Gasteiger partial charge on any atom is -0.379 e. The second-order valence-corrected chi connectivity index (χ2v) is 6.09. The van der Waals surface area contributed by atoms with Crippen molar-refractivity contribution in [2.24, 2.45) is 0 Å². The molecular weight excluding hydrogens is 276 g/mol.